The topological polar surface area (TPSA) is 59.1 Å². The molecule has 0 aliphatic carbocycles. The molecule has 0 radical (unpaired) electrons. The number of methoxy groups -OCH3 is 1. The Morgan fingerprint density at radius 1 is 1.25 bits per heavy atom. The molecule has 6 nitrogen and oxygen atoms in total. The number of amides is 1. The van der Waals surface area contributed by atoms with Gasteiger partial charge in [0.05, 0.1) is 19.2 Å². The first-order chi connectivity index (χ1) is 11.4. The summed E-state index contributed by atoms with van der Waals surface area (Å²) in [6.07, 6.45) is 1.39. The van der Waals surface area contributed by atoms with Gasteiger partial charge in [0, 0.05) is 27.2 Å². The molecule has 1 aliphatic heterocycles. The first-order valence-electron chi connectivity index (χ1n) is 8.19. The van der Waals surface area contributed by atoms with Crippen molar-refractivity contribution in [2.75, 3.05) is 40.8 Å². The highest BCUT2D eigenvalue weighted by molar-refractivity contribution is 5.90. The highest BCUT2D eigenvalue weighted by atomic mass is 16.5. The van der Waals surface area contributed by atoms with Crippen molar-refractivity contribution in [2.24, 2.45) is 0 Å². The van der Waals surface area contributed by atoms with Crippen molar-refractivity contribution in [3.63, 3.8) is 0 Å². The Morgan fingerprint density at radius 3 is 2.50 bits per heavy atom. The lowest BCUT2D eigenvalue weighted by Gasteiger charge is -2.31. The number of piperidine rings is 1. The van der Waals surface area contributed by atoms with Gasteiger partial charge in [-0.1, -0.05) is 6.07 Å². The highest BCUT2D eigenvalue weighted by Crippen LogP contribution is 2.21. The number of likely N-dealkylation sites (N-methyl/N-ethyl adjacent to an activating group) is 1. The van der Waals surface area contributed by atoms with Crippen LogP contribution in [0.25, 0.3) is 0 Å². The van der Waals surface area contributed by atoms with Crippen LogP contribution >= 0.6 is 0 Å². The second-order valence-corrected chi connectivity index (χ2v) is 6.35. The fraction of sp³-hybridized carbons (Fsp3) is 0.556. The molecule has 0 atom stereocenters. The first-order valence-corrected chi connectivity index (χ1v) is 8.19. The summed E-state index contributed by atoms with van der Waals surface area (Å²) in [6.45, 7) is 3.87. The Bertz CT molecular complexity index is 593. The lowest BCUT2D eigenvalue weighted by Crippen LogP contribution is -2.43. The molecule has 0 spiro atoms. The Hall–Kier alpha value is -2.08. The highest BCUT2D eigenvalue weighted by Gasteiger charge is 2.24. The van der Waals surface area contributed by atoms with Crippen LogP contribution in [-0.2, 0) is 9.53 Å². The maximum Gasteiger partial charge on any atom is 0.338 e. The minimum absolute atomic E-state index is 0.0946. The second-order valence-electron chi connectivity index (χ2n) is 6.35. The van der Waals surface area contributed by atoms with Crippen LogP contribution in [0.2, 0.25) is 0 Å². The zero-order chi connectivity index (χ0) is 17.7. The van der Waals surface area contributed by atoms with E-state index in [0.717, 1.165) is 31.5 Å². The van der Waals surface area contributed by atoms with E-state index >= 15 is 0 Å². The number of aryl methyl sites for hydroxylation is 1. The summed E-state index contributed by atoms with van der Waals surface area (Å²) in [6, 6.07) is 5.32. The summed E-state index contributed by atoms with van der Waals surface area (Å²) in [7, 11) is 5.10. The quantitative estimate of drug-likeness (QED) is 0.767. The third kappa shape index (κ3) is 4.71. The summed E-state index contributed by atoms with van der Waals surface area (Å²) in [4.78, 5) is 27.7. The van der Waals surface area contributed by atoms with E-state index in [9.17, 15) is 9.59 Å². The zero-order valence-corrected chi connectivity index (χ0v) is 14.9. The number of carbonyl (C=O) groups is 2. The Balaban J connectivity index is 1.85. The van der Waals surface area contributed by atoms with Gasteiger partial charge in [0.15, 0.2) is 0 Å². The molecule has 1 aliphatic rings. The summed E-state index contributed by atoms with van der Waals surface area (Å²) >= 11 is 0. The van der Waals surface area contributed by atoms with Crippen LogP contribution in [0, 0.1) is 6.92 Å². The number of hydrogen-bond donors (Lipinski definition) is 0. The van der Waals surface area contributed by atoms with E-state index < -0.39 is 0 Å². The van der Waals surface area contributed by atoms with Gasteiger partial charge in [0.25, 0.3) is 0 Å². The molecule has 132 valence electrons. The SMILES string of the molecule is COc1cc(C(=O)OC2CCN(CC(=O)N(C)C)CC2)ccc1C. The predicted molar refractivity (Wildman–Crippen MR) is 91.3 cm³/mol. The molecule has 0 N–H and O–H groups in total. The van der Waals surface area contributed by atoms with Crippen molar-refractivity contribution in [3.05, 3.63) is 29.3 Å². The maximum atomic E-state index is 12.3. The average molecular weight is 334 g/mol. The minimum atomic E-state index is -0.323. The molecule has 0 saturated carbocycles. The number of hydrogen-bond acceptors (Lipinski definition) is 5. The van der Waals surface area contributed by atoms with Crippen LogP contribution in [0.4, 0.5) is 0 Å². The molecule has 1 aromatic rings. The molecular formula is C18H26N2O4. The van der Waals surface area contributed by atoms with Crippen molar-refractivity contribution in [1.82, 2.24) is 9.80 Å². The largest absolute Gasteiger partial charge is 0.496 e. The average Bonchev–Trinajstić information content (AvgIpc) is 2.56. The van der Waals surface area contributed by atoms with Gasteiger partial charge >= 0.3 is 5.97 Å². The molecule has 2 rings (SSSR count). The van der Waals surface area contributed by atoms with E-state index in [4.69, 9.17) is 9.47 Å². The van der Waals surface area contributed by atoms with Crippen molar-refractivity contribution >= 4 is 11.9 Å². The smallest absolute Gasteiger partial charge is 0.338 e. The number of carbonyl (C=O) groups excluding carboxylic acids is 2. The first kappa shape index (κ1) is 18.3. The lowest BCUT2D eigenvalue weighted by atomic mass is 10.1. The summed E-state index contributed by atoms with van der Waals surface area (Å²) in [5.41, 5.74) is 1.48. The van der Waals surface area contributed by atoms with Gasteiger partial charge in [-0.2, -0.15) is 0 Å². The Labute approximate surface area is 143 Å². The summed E-state index contributed by atoms with van der Waals surface area (Å²) < 4.78 is 10.8. The molecule has 24 heavy (non-hydrogen) atoms. The Morgan fingerprint density at radius 2 is 1.92 bits per heavy atom. The number of esters is 1. The van der Waals surface area contributed by atoms with E-state index in [1.807, 2.05) is 13.0 Å². The second kappa shape index (κ2) is 8.15. The molecule has 0 aromatic heterocycles. The predicted octanol–water partition coefficient (Wildman–Crippen LogP) is 1.71. The van der Waals surface area contributed by atoms with Gasteiger partial charge in [0.1, 0.15) is 11.9 Å². The maximum absolute atomic E-state index is 12.3. The van der Waals surface area contributed by atoms with Crippen LogP contribution in [0.3, 0.4) is 0 Å². The monoisotopic (exact) mass is 334 g/mol. The normalized spacial score (nSPS) is 15.8. The fourth-order valence-corrected chi connectivity index (χ4v) is 2.68. The zero-order valence-electron chi connectivity index (χ0n) is 14.9. The fourth-order valence-electron chi connectivity index (χ4n) is 2.68. The van der Waals surface area contributed by atoms with E-state index in [2.05, 4.69) is 4.90 Å². The standard InChI is InChI=1S/C18H26N2O4/c1-13-5-6-14(11-16(13)23-4)18(22)24-15-7-9-20(10-8-15)12-17(21)19(2)3/h5-6,11,15H,7-10,12H2,1-4H3. The van der Waals surface area contributed by atoms with Gasteiger partial charge in [-0.25, -0.2) is 4.79 Å². The number of rotatable bonds is 5. The van der Waals surface area contributed by atoms with Crippen molar-refractivity contribution in [2.45, 2.75) is 25.9 Å². The number of nitrogens with zero attached hydrogens (tertiary/aromatic N) is 2. The molecule has 1 aromatic carbocycles. The number of benzene rings is 1. The van der Waals surface area contributed by atoms with Gasteiger partial charge < -0.3 is 14.4 Å². The van der Waals surface area contributed by atoms with Gasteiger partial charge in [-0.15, -0.1) is 0 Å². The van der Waals surface area contributed by atoms with Crippen LogP contribution in [0.15, 0.2) is 18.2 Å². The summed E-state index contributed by atoms with van der Waals surface area (Å²) in [5.74, 6) is 0.454. The molecule has 1 amide bonds. The van der Waals surface area contributed by atoms with Crippen LogP contribution in [0.5, 0.6) is 5.75 Å². The van der Waals surface area contributed by atoms with Crippen LogP contribution in [0.1, 0.15) is 28.8 Å². The third-order valence-corrected chi connectivity index (χ3v) is 4.31. The van der Waals surface area contributed by atoms with Gasteiger partial charge in [0.2, 0.25) is 5.91 Å². The molecule has 1 saturated heterocycles. The molecule has 0 unspecified atom stereocenters. The van der Waals surface area contributed by atoms with Gasteiger partial charge in [-0.05, 0) is 37.5 Å². The summed E-state index contributed by atoms with van der Waals surface area (Å²) in [5, 5.41) is 0. The van der Waals surface area contributed by atoms with E-state index in [1.54, 1.807) is 38.2 Å². The van der Waals surface area contributed by atoms with Crippen molar-refractivity contribution in [1.29, 1.82) is 0 Å². The molecule has 0 bridgehead atoms. The molecule has 6 heteroatoms. The third-order valence-electron chi connectivity index (χ3n) is 4.31. The van der Waals surface area contributed by atoms with E-state index in [-0.39, 0.29) is 18.0 Å². The number of likely N-dealkylation sites (tertiary alicyclic amines) is 1. The van der Waals surface area contributed by atoms with Crippen LogP contribution < -0.4 is 4.74 Å². The van der Waals surface area contributed by atoms with Crippen LogP contribution in [-0.4, -0.2) is 68.6 Å². The molecule has 1 heterocycles. The minimum Gasteiger partial charge on any atom is -0.496 e. The number of ether oxygens (including phenoxy) is 2. The lowest BCUT2D eigenvalue weighted by molar-refractivity contribution is -0.130. The van der Waals surface area contributed by atoms with E-state index in [1.165, 1.54) is 0 Å². The van der Waals surface area contributed by atoms with Gasteiger partial charge in [-0.3, -0.25) is 9.69 Å². The molecular weight excluding hydrogens is 308 g/mol. The molecule has 1 fully saturated rings. The van der Waals surface area contributed by atoms with E-state index in [0.29, 0.717) is 17.9 Å². The van der Waals surface area contributed by atoms with Crippen molar-refractivity contribution in [3.8, 4) is 5.75 Å². The Kier molecular flexibility index (Phi) is 6.20. The van der Waals surface area contributed by atoms with Crippen molar-refractivity contribution < 1.29 is 19.1 Å².